The molecule has 0 atom stereocenters. The van der Waals surface area contributed by atoms with E-state index in [1.54, 1.807) is 0 Å². The highest BCUT2D eigenvalue weighted by Gasteiger charge is 2.18. The lowest BCUT2D eigenvalue weighted by atomic mass is 10.0. The van der Waals surface area contributed by atoms with Crippen LogP contribution in [0.15, 0.2) is 24.3 Å². The second kappa shape index (κ2) is 5.48. The number of allylic oxidation sites excluding steroid dienone is 2. The number of hydrogen-bond donors (Lipinski definition) is 0. The average Bonchev–Trinajstić information content (AvgIpc) is 2.04. The van der Waals surface area contributed by atoms with Crippen LogP contribution in [0.2, 0.25) is 0 Å². The van der Waals surface area contributed by atoms with Crippen LogP contribution in [0.5, 0.6) is 0 Å². The second-order valence-corrected chi connectivity index (χ2v) is 3.68. The Bertz CT molecular complexity index is 127. The van der Waals surface area contributed by atoms with Gasteiger partial charge in [-0.2, -0.15) is 11.8 Å². The van der Waals surface area contributed by atoms with Crippen molar-refractivity contribution in [1.29, 1.82) is 0 Å². The van der Waals surface area contributed by atoms with E-state index >= 15 is 0 Å². The Hall–Kier alpha value is -0.170. The quantitative estimate of drug-likeness (QED) is 0.580. The van der Waals surface area contributed by atoms with Gasteiger partial charge < -0.3 is 0 Å². The van der Waals surface area contributed by atoms with Crippen LogP contribution in [0.4, 0.5) is 0 Å². The lowest BCUT2D eigenvalue weighted by Crippen LogP contribution is -2.15. The van der Waals surface area contributed by atoms with Gasteiger partial charge in [0, 0.05) is 0 Å². The molecule has 0 unspecified atom stereocenters. The van der Waals surface area contributed by atoms with E-state index in [0.717, 1.165) is 6.42 Å². The average molecular weight is 170 g/mol. The minimum atomic E-state index is 0.240. The lowest BCUT2D eigenvalue weighted by Gasteiger charge is -2.22. The first kappa shape index (κ1) is 10.8. The lowest BCUT2D eigenvalue weighted by molar-refractivity contribution is 0.828. The van der Waals surface area contributed by atoms with Crippen molar-refractivity contribution < 1.29 is 0 Å². The molecule has 0 saturated heterocycles. The molecule has 0 N–H and O–H groups in total. The van der Waals surface area contributed by atoms with E-state index in [0.29, 0.717) is 0 Å². The molecule has 0 fully saturated rings. The third-order valence-corrected chi connectivity index (χ3v) is 3.15. The monoisotopic (exact) mass is 170 g/mol. The smallest absolute Gasteiger partial charge is 0.0513 e. The summed E-state index contributed by atoms with van der Waals surface area (Å²) in [6.45, 7) is 6.37. The van der Waals surface area contributed by atoms with Gasteiger partial charge in [-0.25, -0.2) is 0 Å². The minimum Gasteiger partial charge on any atom is -0.150 e. The van der Waals surface area contributed by atoms with Crippen LogP contribution in [-0.4, -0.2) is 11.0 Å². The predicted octanol–water partition coefficient (Wildman–Crippen LogP) is 3.65. The topological polar surface area (TPSA) is 0 Å². The molecule has 0 nitrogen and oxygen atoms in total. The highest BCUT2D eigenvalue weighted by Crippen LogP contribution is 2.29. The van der Waals surface area contributed by atoms with Gasteiger partial charge in [0.05, 0.1) is 4.75 Å². The normalized spacial score (nSPS) is 17.8. The van der Waals surface area contributed by atoms with E-state index < -0.39 is 0 Å². The Morgan fingerprint density at radius 2 is 1.64 bits per heavy atom. The van der Waals surface area contributed by atoms with Crippen molar-refractivity contribution in [3.05, 3.63) is 24.3 Å². The fraction of sp³-hybridized carbons (Fsp3) is 0.600. The van der Waals surface area contributed by atoms with Gasteiger partial charge in [0.25, 0.3) is 0 Å². The largest absolute Gasteiger partial charge is 0.150 e. The summed E-state index contributed by atoms with van der Waals surface area (Å²) < 4.78 is 0.240. The fourth-order valence-electron chi connectivity index (χ4n) is 1.14. The maximum Gasteiger partial charge on any atom is 0.0513 e. The number of thioether (sulfide) groups is 1. The van der Waals surface area contributed by atoms with Crippen molar-refractivity contribution in [2.45, 2.75) is 31.9 Å². The molecule has 0 rings (SSSR count). The minimum absolute atomic E-state index is 0.240. The molecule has 0 aliphatic carbocycles. The standard InChI is InChI=1S/C10H18S/c1-5-8-10(7-3,11-4)9-6-2/h5-6,8-9H,7H2,1-4H3. The summed E-state index contributed by atoms with van der Waals surface area (Å²) in [6.07, 6.45) is 12.1. The van der Waals surface area contributed by atoms with Gasteiger partial charge in [-0.1, -0.05) is 31.2 Å². The van der Waals surface area contributed by atoms with Crippen LogP contribution in [0, 0.1) is 0 Å². The number of hydrogen-bond acceptors (Lipinski definition) is 1. The summed E-state index contributed by atoms with van der Waals surface area (Å²) in [4.78, 5) is 0. The van der Waals surface area contributed by atoms with Crippen molar-refractivity contribution in [3.8, 4) is 0 Å². The Kier molecular flexibility index (Phi) is 5.39. The van der Waals surface area contributed by atoms with Crippen molar-refractivity contribution >= 4 is 11.8 Å². The first-order chi connectivity index (χ1) is 5.24. The maximum absolute atomic E-state index is 2.26. The SMILES string of the molecule is CC=CC(C=CC)(CC)SC. The molecule has 64 valence electrons. The van der Waals surface area contributed by atoms with Gasteiger partial charge in [0.15, 0.2) is 0 Å². The van der Waals surface area contributed by atoms with Gasteiger partial charge in [-0.15, -0.1) is 0 Å². The number of rotatable bonds is 4. The molecule has 11 heavy (non-hydrogen) atoms. The van der Waals surface area contributed by atoms with Crippen LogP contribution < -0.4 is 0 Å². The van der Waals surface area contributed by atoms with Crippen molar-refractivity contribution in [2.24, 2.45) is 0 Å². The molecule has 0 aliphatic rings. The third kappa shape index (κ3) is 3.15. The zero-order chi connectivity index (χ0) is 8.74. The Morgan fingerprint density at radius 1 is 1.18 bits per heavy atom. The summed E-state index contributed by atoms with van der Waals surface area (Å²) in [7, 11) is 0. The summed E-state index contributed by atoms with van der Waals surface area (Å²) in [6, 6.07) is 0. The zero-order valence-electron chi connectivity index (χ0n) is 7.92. The molecular weight excluding hydrogens is 152 g/mol. The van der Waals surface area contributed by atoms with Crippen LogP contribution in [0.1, 0.15) is 27.2 Å². The highest BCUT2D eigenvalue weighted by molar-refractivity contribution is 8.00. The summed E-state index contributed by atoms with van der Waals surface area (Å²) in [5, 5.41) is 0. The molecule has 0 aromatic rings. The van der Waals surface area contributed by atoms with Gasteiger partial charge >= 0.3 is 0 Å². The maximum atomic E-state index is 2.26. The van der Waals surface area contributed by atoms with Gasteiger partial charge in [0.2, 0.25) is 0 Å². The van der Waals surface area contributed by atoms with E-state index in [9.17, 15) is 0 Å². The van der Waals surface area contributed by atoms with Crippen LogP contribution >= 0.6 is 11.8 Å². The first-order valence-electron chi connectivity index (χ1n) is 4.07. The molecule has 0 aromatic heterocycles. The molecule has 0 saturated carbocycles. The molecule has 0 radical (unpaired) electrons. The van der Waals surface area contributed by atoms with E-state index in [4.69, 9.17) is 0 Å². The molecule has 0 aliphatic heterocycles. The van der Waals surface area contributed by atoms with Crippen LogP contribution in [0.3, 0.4) is 0 Å². The molecule has 0 aromatic carbocycles. The summed E-state index contributed by atoms with van der Waals surface area (Å²) in [5.41, 5.74) is 0. The Balaban J connectivity index is 4.45. The highest BCUT2D eigenvalue weighted by atomic mass is 32.2. The zero-order valence-corrected chi connectivity index (χ0v) is 8.74. The van der Waals surface area contributed by atoms with E-state index in [1.807, 2.05) is 11.8 Å². The molecule has 0 spiro atoms. The predicted molar refractivity (Wildman–Crippen MR) is 56.2 cm³/mol. The second-order valence-electron chi connectivity index (χ2n) is 2.51. The fourth-order valence-corrected chi connectivity index (χ4v) is 1.97. The molecular formula is C10H18S. The molecule has 0 bridgehead atoms. The first-order valence-corrected chi connectivity index (χ1v) is 5.30. The molecule has 0 amide bonds. The van der Waals surface area contributed by atoms with Gasteiger partial charge in [0.1, 0.15) is 0 Å². The summed E-state index contributed by atoms with van der Waals surface area (Å²) in [5.74, 6) is 0. The molecule has 0 heterocycles. The van der Waals surface area contributed by atoms with Crippen molar-refractivity contribution in [1.82, 2.24) is 0 Å². The van der Waals surface area contributed by atoms with Crippen LogP contribution in [-0.2, 0) is 0 Å². The van der Waals surface area contributed by atoms with Crippen molar-refractivity contribution in [2.75, 3.05) is 6.26 Å². The summed E-state index contributed by atoms with van der Waals surface area (Å²) >= 11 is 1.89. The molecule has 1 heteroatoms. The Labute approximate surface area is 74.8 Å². The Morgan fingerprint density at radius 3 is 1.82 bits per heavy atom. The van der Waals surface area contributed by atoms with Gasteiger partial charge in [-0.3, -0.25) is 0 Å². The van der Waals surface area contributed by atoms with Crippen molar-refractivity contribution in [3.63, 3.8) is 0 Å². The third-order valence-electron chi connectivity index (χ3n) is 1.83. The van der Waals surface area contributed by atoms with E-state index in [1.165, 1.54) is 0 Å². The van der Waals surface area contributed by atoms with E-state index in [-0.39, 0.29) is 4.75 Å². The van der Waals surface area contributed by atoms with Gasteiger partial charge in [-0.05, 0) is 26.5 Å². The van der Waals surface area contributed by atoms with E-state index in [2.05, 4.69) is 51.3 Å². The van der Waals surface area contributed by atoms with Crippen LogP contribution in [0.25, 0.3) is 0 Å².